The molecule has 4 aromatic rings. The molecule has 1 aliphatic heterocycles. The number of nitrogens with one attached hydrogen (secondary N) is 1. The number of hydrogen-bond acceptors (Lipinski definition) is 7. The number of anilines is 1. The maximum absolute atomic E-state index is 13.4. The first-order valence-corrected chi connectivity index (χ1v) is 13.6. The first kappa shape index (κ1) is 25.9. The van der Waals surface area contributed by atoms with Gasteiger partial charge in [0.15, 0.2) is 0 Å². The average Bonchev–Trinajstić information content (AvgIpc) is 3.33. The summed E-state index contributed by atoms with van der Waals surface area (Å²) in [4.78, 5) is 18.1. The van der Waals surface area contributed by atoms with Gasteiger partial charge in [0.1, 0.15) is 25.0 Å². The molecule has 1 N–H and O–H groups in total. The molecule has 194 valence electrons. The predicted octanol–water partition coefficient (Wildman–Crippen LogP) is 6.65. The van der Waals surface area contributed by atoms with Crippen LogP contribution < -0.4 is 10.1 Å². The van der Waals surface area contributed by atoms with Crippen LogP contribution in [0.2, 0.25) is 5.02 Å². The smallest absolute Gasteiger partial charge is 0.338 e. The van der Waals surface area contributed by atoms with E-state index < -0.39 is 12.0 Å². The Labute approximate surface area is 230 Å². The summed E-state index contributed by atoms with van der Waals surface area (Å²) in [5.74, 6) is 1.73. The molecule has 5 rings (SSSR count). The van der Waals surface area contributed by atoms with E-state index in [0.717, 1.165) is 22.4 Å². The van der Waals surface area contributed by atoms with Crippen molar-refractivity contribution in [3.05, 3.63) is 112 Å². The van der Waals surface area contributed by atoms with E-state index >= 15 is 0 Å². The number of aromatic nitrogens is 3. The molecule has 0 radical (unpaired) electrons. The lowest BCUT2D eigenvalue weighted by Crippen LogP contribution is -2.29. The van der Waals surface area contributed by atoms with Gasteiger partial charge >= 0.3 is 5.97 Å². The molecule has 0 spiro atoms. The maximum atomic E-state index is 13.4. The molecule has 0 saturated carbocycles. The minimum absolute atomic E-state index is 0.181. The minimum Gasteiger partial charge on any atom is -0.489 e. The standard InChI is InChI=1S/C29H27ClN4O3S/c1-3-38-29-32-28-31-19(2)25(27(35)37-17-20-8-5-4-6-9-20)26(34(28)33-29)22-12-14-24(15-13-22)36-18-21-10-7-11-23(30)16-21/h4-16,26H,3,17-18H2,1-2H3,(H,31,32,33). The molecule has 0 bridgehead atoms. The van der Waals surface area contributed by atoms with E-state index in [-0.39, 0.29) is 6.61 Å². The highest BCUT2D eigenvalue weighted by Crippen LogP contribution is 2.37. The summed E-state index contributed by atoms with van der Waals surface area (Å²) in [5, 5.41) is 9.27. The lowest BCUT2D eigenvalue weighted by Gasteiger charge is -2.28. The Morgan fingerprint density at radius 3 is 2.53 bits per heavy atom. The fourth-order valence-corrected chi connectivity index (χ4v) is 5.00. The molecule has 1 aromatic heterocycles. The van der Waals surface area contributed by atoms with E-state index in [4.69, 9.17) is 26.2 Å². The van der Waals surface area contributed by atoms with Crippen molar-refractivity contribution < 1.29 is 14.3 Å². The fourth-order valence-electron chi connectivity index (χ4n) is 4.23. The van der Waals surface area contributed by atoms with Gasteiger partial charge in [-0.15, -0.1) is 5.10 Å². The molecule has 3 aromatic carbocycles. The summed E-state index contributed by atoms with van der Waals surface area (Å²) in [7, 11) is 0. The van der Waals surface area contributed by atoms with Gasteiger partial charge in [-0.3, -0.25) is 0 Å². The first-order chi connectivity index (χ1) is 18.5. The van der Waals surface area contributed by atoms with Crippen LogP contribution in [-0.4, -0.2) is 26.5 Å². The molecule has 38 heavy (non-hydrogen) atoms. The predicted molar refractivity (Wildman–Crippen MR) is 149 cm³/mol. The average molecular weight is 547 g/mol. The van der Waals surface area contributed by atoms with Crippen LogP contribution in [0.1, 0.15) is 36.6 Å². The van der Waals surface area contributed by atoms with Crippen molar-refractivity contribution in [1.29, 1.82) is 0 Å². The number of nitrogens with zero attached hydrogens (tertiary/aromatic N) is 3. The molecular weight excluding hydrogens is 520 g/mol. The third-order valence-corrected chi connectivity index (χ3v) is 6.98. The molecule has 1 atom stereocenters. The van der Waals surface area contributed by atoms with E-state index in [9.17, 15) is 4.79 Å². The molecule has 1 aliphatic rings. The summed E-state index contributed by atoms with van der Waals surface area (Å²) in [6.07, 6.45) is 0. The number of allylic oxidation sites excluding steroid dienone is 1. The molecule has 2 heterocycles. The molecule has 0 amide bonds. The zero-order valence-electron chi connectivity index (χ0n) is 21.1. The highest BCUT2D eigenvalue weighted by Gasteiger charge is 2.35. The number of hydrogen-bond donors (Lipinski definition) is 1. The van der Waals surface area contributed by atoms with Crippen molar-refractivity contribution in [3.8, 4) is 5.75 Å². The molecule has 7 nitrogen and oxygen atoms in total. The van der Waals surface area contributed by atoms with Gasteiger partial charge in [-0.05, 0) is 53.6 Å². The maximum Gasteiger partial charge on any atom is 0.338 e. The number of halogens is 1. The van der Waals surface area contributed by atoms with Crippen LogP contribution >= 0.6 is 23.4 Å². The van der Waals surface area contributed by atoms with E-state index in [1.165, 1.54) is 0 Å². The topological polar surface area (TPSA) is 78.3 Å². The fraction of sp³-hybridized carbons (Fsp3) is 0.207. The van der Waals surface area contributed by atoms with Crippen LogP contribution in [0.3, 0.4) is 0 Å². The van der Waals surface area contributed by atoms with E-state index in [0.29, 0.717) is 39.8 Å². The van der Waals surface area contributed by atoms with Gasteiger partial charge in [0.25, 0.3) is 0 Å². The summed E-state index contributed by atoms with van der Waals surface area (Å²) >= 11 is 7.63. The number of carbonyl (C=O) groups excluding carboxylic acids is 1. The zero-order chi connectivity index (χ0) is 26.5. The normalized spacial score (nSPS) is 14.6. The van der Waals surface area contributed by atoms with E-state index in [1.807, 2.05) is 92.7 Å². The molecule has 0 saturated heterocycles. The summed E-state index contributed by atoms with van der Waals surface area (Å²) in [5.41, 5.74) is 3.94. The van der Waals surface area contributed by atoms with E-state index in [2.05, 4.69) is 10.3 Å². The number of rotatable bonds is 9. The summed E-state index contributed by atoms with van der Waals surface area (Å²) in [6, 6.07) is 24.4. The lowest BCUT2D eigenvalue weighted by molar-refractivity contribution is -0.140. The second-order valence-electron chi connectivity index (χ2n) is 8.71. The highest BCUT2D eigenvalue weighted by molar-refractivity contribution is 7.99. The molecule has 1 unspecified atom stereocenters. The number of carbonyl (C=O) groups is 1. The van der Waals surface area contributed by atoms with Gasteiger partial charge in [0, 0.05) is 10.7 Å². The van der Waals surface area contributed by atoms with Crippen LogP contribution in [0.25, 0.3) is 0 Å². The van der Waals surface area contributed by atoms with Crippen molar-refractivity contribution in [2.45, 2.75) is 38.3 Å². The summed E-state index contributed by atoms with van der Waals surface area (Å²) < 4.78 is 13.5. The van der Waals surface area contributed by atoms with Gasteiger partial charge < -0.3 is 14.8 Å². The number of ether oxygens (including phenoxy) is 2. The monoisotopic (exact) mass is 546 g/mol. The SMILES string of the molecule is CCSc1nc2n(n1)C(c1ccc(OCc3cccc(Cl)c3)cc1)C(C(=O)OCc1ccccc1)=C(C)N2. The van der Waals surface area contributed by atoms with Crippen LogP contribution in [0.15, 0.2) is 95.3 Å². The Kier molecular flexibility index (Phi) is 8.00. The third-order valence-electron chi connectivity index (χ3n) is 6.03. The van der Waals surface area contributed by atoms with Gasteiger partial charge in [-0.1, -0.05) is 84.9 Å². The van der Waals surface area contributed by atoms with Gasteiger partial charge in [-0.25, -0.2) is 9.48 Å². The second-order valence-corrected chi connectivity index (χ2v) is 10.4. The Morgan fingerprint density at radius 1 is 1.03 bits per heavy atom. The number of thioether (sulfide) groups is 1. The van der Waals surface area contributed by atoms with Crippen molar-refractivity contribution in [2.75, 3.05) is 11.1 Å². The number of benzene rings is 3. The van der Waals surface area contributed by atoms with E-state index in [1.54, 1.807) is 16.4 Å². The van der Waals surface area contributed by atoms with Gasteiger partial charge in [0.05, 0.1) is 5.57 Å². The van der Waals surface area contributed by atoms with Crippen LogP contribution in [0, 0.1) is 0 Å². The molecule has 0 aliphatic carbocycles. The summed E-state index contributed by atoms with van der Waals surface area (Å²) in [6.45, 7) is 4.49. The van der Waals surface area contributed by atoms with Crippen LogP contribution in [0.4, 0.5) is 5.95 Å². The Balaban J connectivity index is 1.41. The minimum atomic E-state index is -0.504. The zero-order valence-corrected chi connectivity index (χ0v) is 22.6. The number of esters is 1. The molecular formula is C29H27ClN4O3S. The van der Waals surface area contributed by atoms with Crippen molar-refractivity contribution in [2.24, 2.45) is 0 Å². The van der Waals surface area contributed by atoms with Crippen molar-refractivity contribution in [3.63, 3.8) is 0 Å². The third kappa shape index (κ3) is 5.87. The second kappa shape index (κ2) is 11.8. The molecule has 9 heteroatoms. The number of fused-ring (bicyclic) bond motifs is 1. The van der Waals surface area contributed by atoms with Crippen molar-refractivity contribution in [1.82, 2.24) is 14.8 Å². The quantitative estimate of drug-likeness (QED) is 0.186. The van der Waals surface area contributed by atoms with Crippen LogP contribution in [-0.2, 0) is 22.7 Å². The first-order valence-electron chi connectivity index (χ1n) is 12.3. The highest BCUT2D eigenvalue weighted by atomic mass is 35.5. The Hall–Kier alpha value is -3.75. The van der Waals surface area contributed by atoms with Gasteiger partial charge in [0.2, 0.25) is 11.1 Å². The largest absolute Gasteiger partial charge is 0.489 e. The lowest BCUT2D eigenvalue weighted by atomic mass is 9.95. The Morgan fingerprint density at radius 2 is 1.79 bits per heavy atom. The molecule has 0 fully saturated rings. The van der Waals surface area contributed by atoms with Gasteiger partial charge in [-0.2, -0.15) is 4.98 Å². The Bertz CT molecular complexity index is 1450. The van der Waals surface area contributed by atoms with Crippen molar-refractivity contribution >= 4 is 35.3 Å². The van der Waals surface area contributed by atoms with Crippen LogP contribution in [0.5, 0.6) is 5.75 Å².